The van der Waals surface area contributed by atoms with Gasteiger partial charge in [-0.15, -0.1) is 0 Å². The zero-order valence-electron chi connectivity index (χ0n) is 9.41. The van der Waals surface area contributed by atoms with E-state index in [4.69, 9.17) is 10.3 Å². The smallest absolute Gasteiger partial charge is 0.294 e. The molecule has 2 rings (SSSR count). The third-order valence-electron chi connectivity index (χ3n) is 2.20. The highest BCUT2D eigenvalue weighted by atomic mass is 32.2. The van der Waals surface area contributed by atoms with Crippen molar-refractivity contribution in [2.75, 3.05) is 6.54 Å². The second-order valence-corrected chi connectivity index (χ2v) is 5.04. The predicted molar refractivity (Wildman–Crippen MR) is 66.6 cm³/mol. The Bertz CT molecular complexity index is 469. The van der Waals surface area contributed by atoms with Gasteiger partial charge in [0.25, 0.3) is 10.1 Å². The van der Waals surface area contributed by atoms with E-state index in [1.165, 1.54) is 25.0 Å². The van der Waals surface area contributed by atoms with Crippen molar-refractivity contribution in [2.45, 2.75) is 24.2 Å². The number of nitrogens with zero attached hydrogens (tertiary/aromatic N) is 1. The minimum absolute atomic E-state index is 0.0741. The molecule has 17 heavy (non-hydrogen) atoms. The summed E-state index contributed by atoms with van der Waals surface area (Å²) in [7, 11) is -4.00. The van der Waals surface area contributed by atoms with Crippen molar-refractivity contribution < 1.29 is 13.0 Å². The van der Waals surface area contributed by atoms with Gasteiger partial charge in [0, 0.05) is 13.0 Å². The number of benzene rings is 1. The van der Waals surface area contributed by atoms with Gasteiger partial charge in [-0.3, -0.25) is 9.55 Å². The van der Waals surface area contributed by atoms with Crippen molar-refractivity contribution in [3.05, 3.63) is 30.3 Å². The van der Waals surface area contributed by atoms with Crippen molar-refractivity contribution in [1.29, 1.82) is 0 Å². The van der Waals surface area contributed by atoms with Crippen LogP contribution in [-0.4, -0.2) is 25.4 Å². The Morgan fingerprint density at radius 1 is 1.18 bits per heavy atom. The van der Waals surface area contributed by atoms with Gasteiger partial charge in [0.15, 0.2) is 0 Å². The summed E-state index contributed by atoms with van der Waals surface area (Å²) >= 11 is 0. The van der Waals surface area contributed by atoms with Gasteiger partial charge >= 0.3 is 0 Å². The predicted octanol–water partition coefficient (Wildman–Crippen LogP) is 1.46. The molecule has 0 saturated carbocycles. The van der Waals surface area contributed by atoms with Crippen molar-refractivity contribution >= 4 is 16.0 Å². The Labute approximate surface area is 101 Å². The molecule has 1 heterocycles. The van der Waals surface area contributed by atoms with E-state index in [-0.39, 0.29) is 4.90 Å². The van der Waals surface area contributed by atoms with Gasteiger partial charge < -0.3 is 5.73 Å². The maximum absolute atomic E-state index is 10.4. The van der Waals surface area contributed by atoms with Crippen LogP contribution >= 0.6 is 0 Å². The third kappa shape index (κ3) is 5.46. The lowest BCUT2D eigenvalue weighted by Gasteiger charge is -2.04. The number of hydrogen-bond donors (Lipinski definition) is 2. The van der Waals surface area contributed by atoms with Gasteiger partial charge in [0.1, 0.15) is 0 Å². The Kier molecular flexibility index (Phi) is 5.11. The molecule has 1 aromatic rings. The first-order valence-corrected chi connectivity index (χ1v) is 6.75. The van der Waals surface area contributed by atoms with Crippen LogP contribution in [0.5, 0.6) is 0 Å². The molecule has 1 aliphatic heterocycles. The van der Waals surface area contributed by atoms with Crippen molar-refractivity contribution in [1.82, 2.24) is 0 Å². The highest BCUT2D eigenvalue weighted by Crippen LogP contribution is 2.05. The molecule has 5 nitrogen and oxygen atoms in total. The maximum atomic E-state index is 10.4. The van der Waals surface area contributed by atoms with Crippen molar-refractivity contribution in [3.63, 3.8) is 0 Å². The standard InChI is InChI=1S/C6H6O3S.C5H10N2/c7-10(8,9)6-4-2-1-3-5-6;6-5-3-1-2-4-7-5/h1-5H,(H,7,8,9);1-4H2,(H2,6,7). The average Bonchev–Trinajstić information content (AvgIpc) is 2.31. The van der Waals surface area contributed by atoms with Gasteiger partial charge in [0.05, 0.1) is 10.7 Å². The van der Waals surface area contributed by atoms with E-state index in [1.54, 1.807) is 18.2 Å². The summed E-state index contributed by atoms with van der Waals surface area (Å²) in [6, 6.07) is 7.42. The van der Waals surface area contributed by atoms with E-state index in [1.807, 2.05) is 0 Å². The average molecular weight is 256 g/mol. The molecule has 0 atom stereocenters. The topological polar surface area (TPSA) is 92.8 Å². The second-order valence-electron chi connectivity index (χ2n) is 3.62. The molecule has 0 bridgehead atoms. The fraction of sp³-hybridized carbons (Fsp3) is 0.364. The number of hydrogen-bond acceptors (Lipinski definition) is 4. The zero-order valence-corrected chi connectivity index (χ0v) is 10.2. The van der Waals surface area contributed by atoms with Crippen LogP contribution in [0.2, 0.25) is 0 Å². The van der Waals surface area contributed by atoms with E-state index < -0.39 is 10.1 Å². The molecular weight excluding hydrogens is 240 g/mol. The molecule has 0 saturated heterocycles. The summed E-state index contributed by atoms with van der Waals surface area (Å²) in [6.45, 7) is 0.950. The van der Waals surface area contributed by atoms with Crippen LogP contribution in [0.1, 0.15) is 19.3 Å². The Balaban J connectivity index is 0.000000181. The van der Waals surface area contributed by atoms with E-state index in [0.29, 0.717) is 0 Å². The fourth-order valence-electron chi connectivity index (χ4n) is 1.31. The number of nitrogens with two attached hydrogens (primary N) is 1. The summed E-state index contributed by atoms with van der Waals surface area (Å²) < 4.78 is 29.2. The Morgan fingerprint density at radius 2 is 1.82 bits per heavy atom. The van der Waals surface area contributed by atoms with E-state index in [0.717, 1.165) is 18.8 Å². The van der Waals surface area contributed by atoms with Gasteiger partial charge in [-0.2, -0.15) is 8.42 Å². The van der Waals surface area contributed by atoms with Crippen molar-refractivity contribution in [3.8, 4) is 0 Å². The normalized spacial score (nSPS) is 15.5. The molecule has 3 N–H and O–H groups in total. The lowest BCUT2D eigenvalue weighted by molar-refractivity contribution is 0.483. The first-order valence-electron chi connectivity index (χ1n) is 5.31. The Hall–Kier alpha value is -1.40. The van der Waals surface area contributed by atoms with Crippen LogP contribution in [-0.2, 0) is 10.1 Å². The Morgan fingerprint density at radius 3 is 2.12 bits per heavy atom. The quantitative estimate of drug-likeness (QED) is 0.744. The largest absolute Gasteiger partial charge is 0.387 e. The van der Waals surface area contributed by atoms with Gasteiger partial charge in [0.2, 0.25) is 0 Å². The molecule has 1 aliphatic rings. The SMILES string of the molecule is NC1=NCCCC1.O=S(=O)(O)c1ccccc1. The summed E-state index contributed by atoms with van der Waals surface area (Å²) in [5.74, 6) is 0.839. The van der Waals surface area contributed by atoms with E-state index >= 15 is 0 Å². The van der Waals surface area contributed by atoms with Crippen LogP contribution in [0.3, 0.4) is 0 Å². The number of rotatable bonds is 1. The molecule has 0 aromatic heterocycles. The molecule has 0 spiro atoms. The first kappa shape index (κ1) is 13.7. The lowest BCUT2D eigenvalue weighted by Crippen LogP contribution is -2.15. The molecule has 0 radical (unpaired) electrons. The maximum Gasteiger partial charge on any atom is 0.294 e. The minimum atomic E-state index is -4.00. The van der Waals surface area contributed by atoms with Crippen LogP contribution in [0, 0.1) is 0 Å². The molecule has 0 aliphatic carbocycles. The summed E-state index contributed by atoms with van der Waals surface area (Å²) in [6.07, 6.45) is 3.47. The molecule has 94 valence electrons. The number of aliphatic imine (C=N–C) groups is 1. The van der Waals surface area contributed by atoms with Crippen LogP contribution < -0.4 is 5.73 Å². The van der Waals surface area contributed by atoms with Crippen LogP contribution in [0.15, 0.2) is 40.2 Å². The van der Waals surface area contributed by atoms with E-state index in [9.17, 15) is 8.42 Å². The molecule has 0 amide bonds. The fourth-order valence-corrected chi connectivity index (χ4v) is 1.81. The summed E-state index contributed by atoms with van der Waals surface area (Å²) in [4.78, 5) is 3.95. The van der Waals surface area contributed by atoms with Crippen LogP contribution in [0.4, 0.5) is 0 Å². The van der Waals surface area contributed by atoms with Gasteiger partial charge in [-0.05, 0) is 25.0 Å². The second kappa shape index (κ2) is 6.36. The minimum Gasteiger partial charge on any atom is -0.387 e. The van der Waals surface area contributed by atoms with Crippen molar-refractivity contribution in [2.24, 2.45) is 10.7 Å². The molecule has 0 fully saturated rings. The molecule has 1 aromatic carbocycles. The zero-order chi connectivity index (χ0) is 12.7. The molecular formula is C11H16N2O3S. The monoisotopic (exact) mass is 256 g/mol. The molecule has 0 unspecified atom stereocenters. The van der Waals surface area contributed by atoms with Gasteiger partial charge in [-0.1, -0.05) is 18.2 Å². The summed E-state index contributed by atoms with van der Waals surface area (Å²) in [5, 5.41) is 0. The van der Waals surface area contributed by atoms with Crippen LogP contribution in [0.25, 0.3) is 0 Å². The summed E-state index contributed by atoms with van der Waals surface area (Å²) in [5.41, 5.74) is 5.38. The molecule has 6 heteroatoms. The third-order valence-corrected chi connectivity index (χ3v) is 3.06. The van der Waals surface area contributed by atoms with E-state index in [2.05, 4.69) is 4.99 Å². The van der Waals surface area contributed by atoms with Gasteiger partial charge in [-0.25, -0.2) is 0 Å². The first-order chi connectivity index (χ1) is 8.00. The highest BCUT2D eigenvalue weighted by molar-refractivity contribution is 7.85. The highest BCUT2D eigenvalue weighted by Gasteiger charge is 2.05. The lowest BCUT2D eigenvalue weighted by atomic mass is 10.2. The number of amidine groups is 1.